The van der Waals surface area contributed by atoms with Gasteiger partial charge in [0, 0.05) is 36.6 Å². The number of aryl methyl sites for hydroxylation is 1. The van der Waals surface area contributed by atoms with E-state index in [4.69, 9.17) is 18.9 Å². The van der Waals surface area contributed by atoms with Gasteiger partial charge in [-0.3, -0.25) is 4.90 Å². The van der Waals surface area contributed by atoms with Crippen molar-refractivity contribution in [3.63, 3.8) is 0 Å². The zero-order valence-electron chi connectivity index (χ0n) is 25.4. The molecule has 0 amide bonds. The van der Waals surface area contributed by atoms with Crippen LogP contribution < -0.4 is 9.47 Å². The lowest BCUT2D eigenvalue weighted by atomic mass is 9.42. The molecule has 2 heterocycles. The highest BCUT2D eigenvalue weighted by atomic mass is 16.7. The van der Waals surface area contributed by atoms with Crippen LogP contribution in [0.1, 0.15) is 84.8 Å². The lowest BCUT2D eigenvalue weighted by Crippen LogP contribution is -2.74. The number of aliphatic hydroxyl groups is 1. The Bertz CT molecular complexity index is 1110. The van der Waals surface area contributed by atoms with Gasteiger partial charge in [-0.1, -0.05) is 33.8 Å². The summed E-state index contributed by atoms with van der Waals surface area (Å²) in [4.78, 5) is 14.9. The van der Waals surface area contributed by atoms with E-state index < -0.39 is 11.8 Å². The molecule has 5 unspecified atom stereocenters. The van der Waals surface area contributed by atoms with Gasteiger partial charge in [-0.2, -0.15) is 0 Å². The predicted octanol–water partition coefficient (Wildman–Crippen LogP) is 5.87. The maximum absolute atomic E-state index is 12.2. The fourth-order valence-corrected chi connectivity index (χ4v) is 8.62. The van der Waals surface area contributed by atoms with Crippen LogP contribution in [0, 0.1) is 29.6 Å². The molecular weight excluding hydrogens is 494 g/mol. The molecule has 0 bridgehead atoms. The monoisotopic (exact) mass is 543 g/mol. The molecule has 7 atom stereocenters. The van der Waals surface area contributed by atoms with Crippen LogP contribution in [-0.2, 0) is 14.9 Å². The van der Waals surface area contributed by atoms with Gasteiger partial charge in [-0.05, 0) is 87.8 Å². The first-order chi connectivity index (χ1) is 18.3. The van der Waals surface area contributed by atoms with E-state index in [1.54, 1.807) is 7.11 Å². The van der Waals surface area contributed by atoms with Gasteiger partial charge in [-0.15, -0.1) is 0 Å². The fourth-order valence-electron chi connectivity index (χ4n) is 8.62. The predicted molar refractivity (Wildman–Crippen MR) is 150 cm³/mol. The number of hydrogen-bond acceptors (Lipinski definition) is 7. The number of piperidine rings is 1. The Morgan fingerprint density at radius 1 is 1.21 bits per heavy atom. The zero-order valence-corrected chi connectivity index (χ0v) is 25.4. The maximum Gasteiger partial charge on any atom is 0.513 e. The Balaban J connectivity index is 1.74. The second-order valence-electron chi connectivity index (χ2n) is 13.9. The van der Waals surface area contributed by atoms with Crippen LogP contribution in [0.2, 0.25) is 0 Å². The van der Waals surface area contributed by atoms with Crippen molar-refractivity contribution >= 4 is 6.16 Å². The summed E-state index contributed by atoms with van der Waals surface area (Å²) in [5.74, 6) is 1.66. The molecule has 2 aliphatic carbocycles. The van der Waals surface area contributed by atoms with Crippen LogP contribution in [0.4, 0.5) is 4.79 Å². The molecule has 0 aromatic heterocycles. The molecule has 4 aliphatic rings. The van der Waals surface area contributed by atoms with Gasteiger partial charge in [0.25, 0.3) is 0 Å². The van der Waals surface area contributed by atoms with Crippen LogP contribution >= 0.6 is 0 Å². The van der Waals surface area contributed by atoms with Crippen LogP contribution in [0.15, 0.2) is 12.1 Å². The van der Waals surface area contributed by atoms with Gasteiger partial charge in [0.15, 0.2) is 11.5 Å². The standard InChI is InChI=1S/C32H49NO6/c1-10-31-17-22(30(7,35)29(4,5)6)25(36-8)27-32(31,15-16-33(20(31)3)18-21-12-13-21)24-19(2)11-14-23(26(24)39-27)38-28(34)37-9/h11,14,20-22,25,27,35H,10,12-13,15-18H2,1-9H3/t20?,22?,25?,27-,30?,31+,32?/m0/s1. The van der Waals surface area contributed by atoms with Crippen molar-refractivity contribution in [1.29, 1.82) is 0 Å². The van der Waals surface area contributed by atoms with Gasteiger partial charge in [-0.25, -0.2) is 4.79 Å². The largest absolute Gasteiger partial charge is 0.513 e. The lowest BCUT2D eigenvalue weighted by molar-refractivity contribution is -0.232. The first kappa shape index (κ1) is 28.7. The van der Waals surface area contributed by atoms with Crippen molar-refractivity contribution in [1.82, 2.24) is 4.90 Å². The Morgan fingerprint density at radius 2 is 1.90 bits per heavy atom. The fraction of sp³-hybridized carbons (Fsp3) is 0.781. The highest BCUT2D eigenvalue weighted by Crippen LogP contribution is 2.70. The molecule has 2 saturated carbocycles. The van der Waals surface area contributed by atoms with Crippen LogP contribution in [0.3, 0.4) is 0 Å². The molecule has 1 aromatic rings. The highest BCUT2D eigenvalue weighted by Gasteiger charge is 2.73. The number of fused-ring (bicyclic) bond motifs is 1. The van der Waals surface area contributed by atoms with Gasteiger partial charge < -0.3 is 24.1 Å². The average molecular weight is 544 g/mol. The van der Waals surface area contributed by atoms with Crippen LogP contribution in [-0.4, -0.2) is 67.3 Å². The Morgan fingerprint density at radius 3 is 2.46 bits per heavy atom. The average Bonchev–Trinajstić information content (AvgIpc) is 3.63. The van der Waals surface area contributed by atoms with Gasteiger partial charge in [0.1, 0.15) is 12.2 Å². The first-order valence-electron chi connectivity index (χ1n) is 14.8. The highest BCUT2D eigenvalue weighted by molar-refractivity contribution is 5.68. The normalized spacial score (nSPS) is 35.7. The molecule has 5 rings (SSSR count). The molecule has 1 N–H and O–H groups in total. The summed E-state index contributed by atoms with van der Waals surface area (Å²) < 4.78 is 23.8. The smallest absolute Gasteiger partial charge is 0.482 e. The Hall–Kier alpha value is -1.83. The SMILES string of the molecule is CC[C@]12CC(C(C)(O)C(C)(C)C)C(OC)[C@@H]3Oc4c(OC(=O)OC)ccc(C)c4C31CCN(CC1CC1)C2C. The molecule has 2 aliphatic heterocycles. The molecule has 3 fully saturated rings. The molecule has 1 aromatic carbocycles. The number of carbonyl (C=O) groups is 1. The van der Waals surface area contributed by atoms with Gasteiger partial charge >= 0.3 is 6.16 Å². The van der Waals surface area contributed by atoms with E-state index >= 15 is 0 Å². The van der Waals surface area contributed by atoms with Crippen molar-refractivity contribution in [2.75, 3.05) is 27.3 Å². The molecule has 7 nitrogen and oxygen atoms in total. The minimum absolute atomic E-state index is 0.150. The van der Waals surface area contributed by atoms with Crippen LogP contribution in [0.25, 0.3) is 0 Å². The number of carbonyl (C=O) groups excluding carboxylic acids is 1. The van der Waals surface area contributed by atoms with E-state index in [0.717, 1.165) is 49.4 Å². The second-order valence-corrected chi connectivity index (χ2v) is 13.9. The zero-order chi connectivity index (χ0) is 28.5. The number of likely N-dealkylation sites (tertiary alicyclic amines) is 1. The summed E-state index contributed by atoms with van der Waals surface area (Å²) in [5.41, 5.74) is 0.390. The number of benzene rings is 1. The molecule has 1 saturated heterocycles. The van der Waals surface area contributed by atoms with E-state index in [1.165, 1.54) is 20.0 Å². The van der Waals surface area contributed by atoms with Crippen molar-refractivity contribution in [2.24, 2.45) is 22.7 Å². The van der Waals surface area contributed by atoms with Crippen molar-refractivity contribution in [3.8, 4) is 11.5 Å². The number of rotatable bonds is 6. The molecule has 0 radical (unpaired) electrons. The van der Waals surface area contributed by atoms with E-state index in [1.807, 2.05) is 19.1 Å². The Labute approximate surface area is 234 Å². The third kappa shape index (κ3) is 4.05. The maximum atomic E-state index is 12.2. The number of hydrogen-bond donors (Lipinski definition) is 1. The topological polar surface area (TPSA) is 77.5 Å². The second kappa shape index (κ2) is 9.63. The van der Waals surface area contributed by atoms with E-state index in [9.17, 15) is 9.90 Å². The summed E-state index contributed by atoms with van der Waals surface area (Å²) >= 11 is 0. The molecule has 39 heavy (non-hydrogen) atoms. The summed E-state index contributed by atoms with van der Waals surface area (Å²) in [6.07, 6.45) is 3.94. The third-order valence-electron chi connectivity index (χ3n) is 11.5. The summed E-state index contributed by atoms with van der Waals surface area (Å²) in [6, 6.07) is 4.14. The summed E-state index contributed by atoms with van der Waals surface area (Å²) in [7, 11) is 3.06. The minimum Gasteiger partial charge on any atom is -0.482 e. The van der Waals surface area contributed by atoms with Crippen molar-refractivity contribution < 1.29 is 28.8 Å². The summed E-state index contributed by atoms with van der Waals surface area (Å²) in [6.45, 7) is 17.3. The Kier molecular flexibility index (Phi) is 7.08. The first-order valence-corrected chi connectivity index (χ1v) is 14.8. The molecule has 1 spiro atoms. The lowest BCUT2D eigenvalue weighted by Gasteiger charge is -2.67. The minimum atomic E-state index is -1.00. The van der Waals surface area contributed by atoms with Gasteiger partial charge in [0.05, 0.1) is 12.7 Å². The number of nitrogens with zero attached hydrogens (tertiary/aromatic N) is 1. The molecular formula is C32H49NO6. The molecule has 218 valence electrons. The number of ether oxygens (including phenoxy) is 4. The molecule has 7 heteroatoms. The van der Waals surface area contributed by atoms with E-state index in [0.29, 0.717) is 11.5 Å². The number of methoxy groups -OCH3 is 2. The summed E-state index contributed by atoms with van der Waals surface area (Å²) in [5, 5.41) is 12.2. The van der Waals surface area contributed by atoms with Crippen LogP contribution in [0.5, 0.6) is 11.5 Å². The van der Waals surface area contributed by atoms with E-state index in [2.05, 4.69) is 46.4 Å². The van der Waals surface area contributed by atoms with Crippen molar-refractivity contribution in [3.05, 3.63) is 23.3 Å². The van der Waals surface area contributed by atoms with Crippen molar-refractivity contribution in [2.45, 2.75) is 110 Å². The third-order valence-corrected chi connectivity index (χ3v) is 11.5. The van der Waals surface area contributed by atoms with E-state index in [-0.39, 0.29) is 40.4 Å². The van der Waals surface area contributed by atoms with Gasteiger partial charge in [0.2, 0.25) is 0 Å². The quantitative estimate of drug-likeness (QED) is 0.355.